The first-order valence-electron chi connectivity index (χ1n) is 9.47. The average molecular weight is 379 g/mol. The highest BCUT2D eigenvalue weighted by Gasteiger charge is 2.34. The zero-order valence-corrected chi connectivity index (χ0v) is 15.7. The molecule has 1 saturated carbocycles. The number of benzene rings is 1. The third-order valence-corrected chi connectivity index (χ3v) is 5.24. The number of carbonyl (C=O) groups is 1. The van der Waals surface area contributed by atoms with Gasteiger partial charge >= 0.3 is 0 Å². The molecule has 5 rings (SSSR count). The normalized spacial score (nSPS) is 15.8. The molecule has 8 heteroatoms. The molecule has 3 aromatic rings. The van der Waals surface area contributed by atoms with Crippen molar-refractivity contribution in [1.29, 1.82) is 0 Å². The minimum atomic E-state index is -0.0396. The van der Waals surface area contributed by atoms with Crippen LogP contribution in [0.2, 0.25) is 0 Å². The summed E-state index contributed by atoms with van der Waals surface area (Å²) in [5.74, 6) is 1.58. The predicted octanol–water partition coefficient (Wildman–Crippen LogP) is 2.41. The monoisotopic (exact) mass is 379 g/mol. The summed E-state index contributed by atoms with van der Waals surface area (Å²) in [4.78, 5) is 18.9. The molecule has 0 bridgehead atoms. The molecule has 1 aliphatic carbocycles. The standard InChI is InChI=1S/C20H21N5O3/c1-24-16-10-25(17(26)12-27-11-13-5-3-2-4-6-13)9-15(16)18(22-24)20-21-19(23-28-20)14-7-8-14/h2-6,14H,7-12H2,1H3. The van der Waals surface area contributed by atoms with E-state index in [9.17, 15) is 4.79 Å². The first-order chi connectivity index (χ1) is 13.7. The SMILES string of the molecule is Cn1nc(-c2nc(C3CC3)no2)c2c1CN(C(=O)COCc1ccccc1)C2. The summed E-state index contributed by atoms with van der Waals surface area (Å²) in [5.41, 5.74) is 3.70. The Hall–Kier alpha value is -3.00. The van der Waals surface area contributed by atoms with Crippen LogP contribution in [0.3, 0.4) is 0 Å². The van der Waals surface area contributed by atoms with Crippen LogP contribution < -0.4 is 0 Å². The number of carbonyl (C=O) groups excluding carboxylic acids is 1. The maximum absolute atomic E-state index is 12.6. The fourth-order valence-corrected chi connectivity index (χ4v) is 3.50. The lowest BCUT2D eigenvalue weighted by Crippen LogP contribution is -2.29. The van der Waals surface area contributed by atoms with Crippen LogP contribution in [0.25, 0.3) is 11.6 Å². The lowest BCUT2D eigenvalue weighted by atomic mass is 10.2. The maximum atomic E-state index is 12.6. The predicted molar refractivity (Wildman–Crippen MR) is 98.8 cm³/mol. The number of fused-ring (bicyclic) bond motifs is 1. The summed E-state index contributed by atoms with van der Waals surface area (Å²) in [7, 11) is 1.88. The molecule has 0 atom stereocenters. The summed E-state index contributed by atoms with van der Waals surface area (Å²) in [6.07, 6.45) is 2.23. The number of nitrogens with zero attached hydrogens (tertiary/aromatic N) is 5. The van der Waals surface area contributed by atoms with E-state index in [1.165, 1.54) is 0 Å². The second-order valence-electron chi connectivity index (χ2n) is 7.36. The van der Waals surface area contributed by atoms with Crippen LogP contribution in [-0.2, 0) is 36.3 Å². The largest absolute Gasteiger partial charge is 0.367 e. The van der Waals surface area contributed by atoms with E-state index in [1.807, 2.05) is 37.4 Å². The van der Waals surface area contributed by atoms with E-state index >= 15 is 0 Å². The minimum absolute atomic E-state index is 0.0396. The Morgan fingerprint density at radius 2 is 2.07 bits per heavy atom. The third kappa shape index (κ3) is 3.20. The van der Waals surface area contributed by atoms with E-state index in [1.54, 1.807) is 9.58 Å². The van der Waals surface area contributed by atoms with E-state index in [0.717, 1.165) is 35.5 Å². The van der Waals surface area contributed by atoms with Gasteiger partial charge in [0.2, 0.25) is 5.91 Å². The molecule has 8 nitrogen and oxygen atoms in total. The van der Waals surface area contributed by atoms with Crippen LogP contribution in [0, 0.1) is 0 Å². The van der Waals surface area contributed by atoms with Crippen molar-refractivity contribution in [2.24, 2.45) is 7.05 Å². The van der Waals surface area contributed by atoms with E-state index in [2.05, 4.69) is 15.2 Å². The summed E-state index contributed by atoms with van der Waals surface area (Å²) in [5, 5.41) is 8.62. The van der Waals surface area contributed by atoms with Gasteiger partial charge in [-0.15, -0.1) is 0 Å². The summed E-state index contributed by atoms with van der Waals surface area (Å²) in [6.45, 7) is 1.47. The van der Waals surface area contributed by atoms with Gasteiger partial charge in [0.1, 0.15) is 6.61 Å². The summed E-state index contributed by atoms with van der Waals surface area (Å²) >= 11 is 0. The van der Waals surface area contributed by atoms with E-state index in [-0.39, 0.29) is 12.5 Å². The second-order valence-corrected chi connectivity index (χ2v) is 7.36. The van der Waals surface area contributed by atoms with Crippen molar-refractivity contribution in [1.82, 2.24) is 24.8 Å². The number of hydrogen-bond donors (Lipinski definition) is 0. The maximum Gasteiger partial charge on any atom is 0.278 e. The molecule has 2 aliphatic rings. The number of aromatic nitrogens is 4. The van der Waals surface area contributed by atoms with E-state index < -0.39 is 0 Å². The van der Waals surface area contributed by atoms with Crippen molar-refractivity contribution in [2.75, 3.05) is 6.61 Å². The van der Waals surface area contributed by atoms with Gasteiger partial charge in [0.15, 0.2) is 11.5 Å². The van der Waals surface area contributed by atoms with E-state index in [0.29, 0.717) is 37.2 Å². The van der Waals surface area contributed by atoms with Gasteiger partial charge in [-0.3, -0.25) is 9.48 Å². The van der Waals surface area contributed by atoms with Crippen molar-refractivity contribution in [3.63, 3.8) is 0 Å². The zero-order valence-electron chi connectivity index (χ0n) is 15.7. The number of amides is 1. The fourth-order valence-electron chi connectivity index (χ4n) is 3.50. The molecule has 1 aromatic carbocycles. The van der Waals surface area contributed by atoms with Crippen molar-refractivity contribution in [2.45, 2.75) is 38.5 Å². The van der Waals surface area contributed by atoms with Gasteiger partial charge in [0, 0.05) is 18.5 Å². The van der Waals surface area contributed by atoms with Gasteiger partial charge in [-0.1, -0.05) is 35.5 Å². The van der Waals surface area contributed by atoms with Gasteiger partial charge in [-0.05, 0) is 18.4 Å². The van der Waals surface area contributed by atoms with Crippen LogP contribution in [0.15, 0.2) is 34.9 Å². The highest BCUT2D eigenvalue weighted by Crippen LogP contribution is 2.39. The van der Waals surface area contributed by atoms with E-state index in [4.69, 9.17) is 9.26 Å². The van der Waals surface area contributed by atoms with Gasteiger partial charge in [0.25, 0.3) is 5.89 Å². The smallest absolute Gasteiger partial charge is 0.278 e. The second kappa shape index (κ2) is 6.87. The molecule has 28 heavy (non-hydrogen) atoms. The number of hydrogen-bond acceptors (Lipinski definition) is 6. The Morgan fingerprint density at radius 3 is 2.86 bits per heavy atom. The minimum Gasteiger partial charge on any atom is -0.367 e. The molecule has 1 aliphatic heterocycles. The van der Waals surface area contributed by atoms with Crippen LogP contribution in [0.5, 0.6) is 0 Å². The van der Waals surface area contributed by atoms with Crippen molar-refractivity contribution in [3.8, 4) is 11.6 Å². The molecular weight excluding hydrogens is 358 g/mol. The molecule has 2 aromatic heterocycles. The molecule has 0 saturated heterocycles. The molecule has 0 unspecified atom stereocenters. The topological polar surface area (TPSA) is 86.3 Å². The first-order valence-corrected chi connectivity index (χ1v) is 9.47. The van der Waals surface area contributed by atoms with Crippen molar-refractivity contribution >= 4 is 5.91 Å². The van der Waals surface area contributed by atoms with Crippen molar-refractivity contribution in [3.05, 3.63) is 53.0 Å². The Labute approximate surface area is 162 Å². The Morgan fingerprint density at radius 1 is 1.25 bits per heavy atom. The summed E-state index contributed by atoms with van der Waals surface area (Å²) in [6, 6.07) is 9.83. The zero-order chi connectivity index (χ0) is 19.1. The van der Waals surface area contributed by atoms with Gasteiger partial charge < -0.3 is 14.2 Å². The molecule has 3 heterocycles. The van der Waals surface area contributed by atoms with Gasteiger partial charge in [0.05, 0.1) is 25.4 Å². The first kappa shape index (κ1) is 17.1. The molecule has 0 radical (unpaired) electrons. The molecular formula is C20H21N5O3. The lowest BCUT2D eigenvalue weighted by molar-refractivity contribution is -0.137. The van der Waals surface area contributed by atoms with Gasteiger partial charge in [-0.25, -0.2) is 0 Å². The lowest BCUT2D eigenvalue weighted by Gasteiger charge is -2.16. The van der Waals surface area contributed by atoms with Crippen LogP contribution in [0.1, 0.15) is 41.4 Å². The Bertz CT molecular complexity index is 1010. The number of rotatable bonds is 6. The quantitative estimate of drug-likeness (QED) is 0.654. The molecule has 0 spiro atoms. The van der Waals surface area contributed by atoms with Crippen LogP contribution in [-0.4, -0.2) is 37.3 Å². The Balaban J connectivity index is 1.25. The third-order valence-electron chi connectivity index (χ3n) is 5.24. The number of ether oxygens (including phenoxy) is 1. The molecule has 1 amide bonds. The van der Waals surface area contributed by atoms with Crippen LogP contribution in [0.4, 0.5) is 0 Å². The fraction of sp³-hybridized carbons (Fsp3) is 0.400. The molecule has 144 valence electrons. The Kier molecular flexibility index (Phi) is 4.20. The summed E-state index contributed by atoms with van der Waals surface area (Å²) < 4.78 is 12.8. The van der Waals surface area contributed by atoms with Gasteiger partial charge in [-0.2, -0.15) is 10.1 Å². The number of aryl methyl sites for hydroxylation is 1. The van der Waals surface area contributed by atoms with Crippen LogP contribution >= 0.6 is 0 Å². The molecule has 0 N–H and O–H groups in total. The molecule has 1 fully saturated rings. The van der Waals surface area contributed by atoms with Crippen molar-refractivity contribution < 1.29 is 14.1 Å². The highest BCUT2D eigenvalue weighted by molar-refractivity contribution is 5.78. The highest BCUT2D eigenvalue weighted by atomic mass is 16.5. The average Bonchev–Trinajstić information content (AvgIpc) is 3.15.